The van der Waals surface area contributed by atoms with Gasteiger partial charge in [-0.2, -0.15) is 11.8 Å². The maximum Gasteiger partial charge on any atom is 0.146 e. The van der Waals surface area contributed by atoms with E-state index in [9.17, 15) is 4.39 Å². The second-order valence-corrected chi connectivity index (χ2v) is 5.76. The van der Waals surface area contributed by atoms with E-state index >= 15 is 0 Å². The van der Waals surface area contributed by atoms with Crippen LogP contribution in [0, 0.1) is 5.82 Å². The first kappa shape index (κ1) is 12.2. The average Bonchev–Trinajstić information content (AvgIpc) is 2.81. The van der Waals surface area contributed by atoms with Crippen LogP contribution < -0.4 is 4.90 Å². The number of anilines is 1. The van der Waals surface area contributed by atoms with Gasteiger partial charge in [0.05, 0.1) is 5.69 Å². The highest BCUT2D eigenvalue weighted by Crippen LogP contribution is 2.28. The van der Waals surface area contributed by atoms with Gasteiger partial charge in [-0.25, -0.2) is 4.39 Å². The minimum atomic E-state index is -0.114. The zero-order valence-electron chi connectivity index (χ0n) is 9.25. The molecule has 1 atom stereocenters. The number of thioether (sulfide) groups is 1. The molecule has 0 radical (unpaired) electrons. The van der Waals surface area contributed by atoms with E-state index in [4.69, 9.17) is 0 Å². The van der Waals surface area contributed by atoms with Crippen molar-refractivity contribution in [2.45, 2.75) is 17.8 Å². The van der Waals surface area contributed by atoms with E-state index in [1.165, 1.54) is 5.75 Å². The number of hydrogen-bond donors (Lipinski definition) is 0. The van der Waals surface area contributed by atoms with Gasteiger partial charge in [-0.05, 0) is 29.9 Å². The third-order valence-electron chi connectivity index (χ3n) is 3.00. The van der Waals surface area contributed by atoms with Gasteiger partial charge in [0.25, 0.3) is 0 Å². The Hall–Kier alpha value is -0.220. The molecule has 1 aromatic rings. The van der Waals surface area contributed by atoms with E-state index in [1.54, 1.807) is 6.07 Å². The van der Waals surface area contributed by atoms with E-state index in [2.05, 4.69) is 20.8 Å². The fraction of sp³-hybridized carbons (Fsp3) is 0.500. The summed E-state index contributed by atoms with van der Waals surface area (Å²) in [6.07, 6.45) is 1.15. The third kappa shape index (κ3) is 2.54. The fourth-order valence-corrected chi connectivity index (χ4v) is 3.56. The van der Waals surface area contributed by atoms with Gasteiger partial charge in [0.2, 0.25) is 0 Å². The molecule has 4 heteroatoms. The summed E-state index contributed by atoms with van der Waals surface area (Å²) in [5.74, 6) is 2.18. The van der Waals surface area contributed by atoms with Gasteiger partial charge < -0.3 is 4.90 Å². The smallest absolute Gasteiger partial charge is 0.146 e. The lowest BCUT2D eigenvalue weighted by Gasteiger charge is -2.26. The van der Waals surface area contributed by atoms with Crippen LogP contribution in [0.2, 0.25) is 0 Å². The second-order valence-electron chi connectivity index (χ2n) is 4.05. The van der Waals surface area contributed by atoms with Gasteiger partial charge in [0.15, 0.2) is 0 Å². The molecule has 0 spiro atoms. The number of nitrogens with zero attached hydrogens (tertiary/aromatic N) is 1. The Morgan fingerprint density at radius 1 is 1.56 bits per heavy atom. The zero-order chi connectivity index (χ0) is 11.5. The summed E-state index contributed by atoms with van der Waals surface area (Å²) in [6, 6.07) is 5.96. The van der Waals surface area contributed by atoms with Crippen LogP contribution in [0.15, 0.2) is 18.2 Å². The number of rotatable bonds is 3. The molecule has 1 aromatic carbocycles. The molecule has 1 unspecified atom stereocenters. The van der Waals surface area contributed by atoms with Crippen molar-refractivity contribution in [3.05, 3.63) is 29.6 Å². The first-order chi connectivity index (χ1) is 7.72. The fourth-order valence-electron chi connectivity index (χ4n) is 1.94. The highest BCUT2D eigenvalue weighted by molar-refractivity contribution is 9.08. The molecular formula is C12H15BrFNS. The summed E-state index contributed by atoms with van der Waals surface area (Å²) in [6.45, 7) is 0. The minimum Gasteiger partial charge on any atom is -0.368 e. The van der Waals surface area contributed by atoms with Crippen molar-refractivity contribution in [3.63, 3.8) is 0 Å². The van der Waals surface area contributed by atoms with Crippen LogP contribution in [-0.2, 0) is 5.33 Å². The van der Waals surface area contributed by atoms with E-state index in [1.807, 2.05) is 30.9 Å². The number of halogens is 2. The molecule has 0 N–H and O–H groups in total. The molecule has 0 saturated carbocycles. The first-order valence-corrected chi connectivity index (χ1v) is 7.65. The number of alkyl halides is 1. The van der Waals surface area contributed by atoms with Crippen LogP contribution in [0.1, 0.15) is 12.0 Å². The van der Waals surface area contributed by atoms with E-state index in [0.717, 1.165) is 23.4 Å². The van der Waals surface area contributed by atoms with Crippen molar-refractivity contribution in [1.82, 2.24) is 0 Å². The van der Waals surface area contributed by atoms with Crippen LogP contribution in [0.5, 0.6) is 0 Å². The van der Waals surface area contributed by atoms with Crippen molar-refractivity contribution in [2.75, 3.05) is 23.5 Å². The van der Waals surface area contributed by atoms with Gasteiger partial charge in [-0.3, -0.25) is 0 Å². The van der Waals surface area contributed by atoms with E-state index < -0.39 is 0 Å². The normalized spacial score (nSPS) is 20.1. The number of hydrogen-bond acceptors (Lipinski definition) is 2. The maximum absolute atomic E-state index is 13.9. The van der Waals surface area contributed by atoms with E-state index in [-0.39, 0.29) is 5.82 Å². The van der Waals surface area contributed by atoms with E-state index in [0.29, 0.717) is 11.4 Å². The summed E-state index contributed by atoms with van der Waals surface area (Å²) >= 11 is 5.28. The monoisotopic (exact) mass is 303 g/mol. The Bertz CT molecular complexity index is 366. The van der Waals surface area contributed by atoms with Crippen LogP contribution >= 0.6 is 27.7 Å². The van der Waals surface area contributed by atoms with Crippen LogP contribution in [0.4, 0.5) is 10.1 Å². The highest BCUT2D eigenvalue weighted by Gasteiger charge is 2.22. The SMILES string of the molecule is CN(c1ccc(CBr)cc1F)C1CCSC1. The largest absolute Gasteiger partial charge is 0.368 e. The Kier molecular flexibility index (Phi) is 4.14. The molecule has 0 amide bonds. The van der Waals surface area contributed by atoms with Crippen LogP contribution in [0.25, 0.3) is 0 Å². The Labute approximate surface area is 109 Å². The summed E-state index contributed by atoms with van der Waals surface area (Å²) < 4.78 is 13.9. The van der Waals surface area contributed by atoms with Crippen LogP contribution in [-0.4, -0.2) is 24.6 Å². The average molecular weight is 304 g/mol. The minimum absolute atomic E-state index is 0.114. The Morgan fingerprint density at radius 2 is 2.38 bits per heavy atom. The molecule has 1 aliphatic rings. The maximum atomic E-state index is 13.9. The third-order valence-corrected chi connectivity index (χ3v) is 4.79. The summed E-state index contributed by atoms with van der Waals surface area (Å²) in [7, 11) is 1.99. The molecule has 1 nitrogen and oxygen atoms in total. The molecule has 1 aliphatic heterocycles. The summed E-state index contributed by atoms with van der Waals surface area (Å²) in [5.41, 5.74) is 1.70. The van der Waals surface area contributed by atoms with Crippen LogP contribution in [0.3, 0.4) is 0 Å². The first-order valence-electron chi connectivity index (χ1n) is 5.37. The van der Waals surface area contributed by atoms with Gasteiger partial charge >= 0.3 is 0 Å². The second kappa shape index (κ2) is 5.41. The topological polar surface area (TPSA) is 3.24 Å². The molecular weight excluding hydrogens is 289 g/mol. The molecule has 0 aliphatic carbocycles. The highest BCUT2D eigenvalue weighted by atomic mass is 79.9. The van der Waals surface area contributed by atoms with Crippen molar-refractivity contribution in [1.29, 1.82) is 0 Å². The van der Waals surface area contributed by atoms with Gasteiger partial charge in [0, 0.05) is 24.2 Å². The molecule has 1 saturated heterocycles. The lowest BCUT2D eigenvalue weighted by Crippen LogP contribution is -2.31. The van der Waals surface area contributed by atoms with Gasteiger partial charge in [0.1, 0.15) is 5.82 Å². The predicted octanol–water partition coefficient (Wildman–Crippen LogP) is 3.66. The lowest BCUT2D eigenvalue weighted by atomic mass is 10.1. The van der Waals surface area contributed by atoms with Crippen molar-refractivity contribution < 1.29 is 4.39 Å². The predicted molar refractivity (Wildman–Crippen MR) is 73.2 cm³/mol. The summed E-state index contributed by atoms with van der Waals surface area (Å²) in [4.78, 5) is 2.08. The lowest BCUT2D eigenvalue weighted by molar-refractivity contribution is 0.606. The number of benzene rings is 1. The molecule has 16 heavy (non-hydrogen) atoms. The quantitative estimate of drug-likeness (QED) is 0.784. The molecule has 0 aromatic heterocycles. The van der Waals surface area contributed by atoms with Crippen molar-refractivity contribution >= 4 is 33.4 Å². The molecule has 1 fully saturated rings. The molecule has 2 rings (SSSR count). The van der Waals surface area contributed by atoms with Gasteiger partial charge in [-0.15, -0.1) is 0 Å². The Balaban J connectivity index is 2.19. The van der Waals surface area contributed by atoms with Crippen molar-refractivity contribution in [3.8, 4) is 0 Å². The standard InChI is InChI=1S/C12H15BrFNS/c1-15(10-4-5-16-8-10)12-3-2-9(7-13)6-11(12)14/h2-3,6,10H,4-5,7-8H2,1H3. The summed E-state index contributed by atoms with van der Waals surface area (Å²) in [5, 5.41) is 0.702. The Morgan fingerprint density at radius 3 is 2.94 bits per heavy atom. The zero-order valence-corrected chi connectivity index (χ0v) is 11.7. The molecule has 0 bridgehead atoms. The molecule has 1 heterocycles. The van der Waals surface area contributed by atoms with Gasteiger partial charge in [-0.1, -0.05) is 22.0 Å². The molecule has 88 valence electrons. The van der Waals surface area contributed by atoms with Crippen molar-refractivity contribution in [2.24, 2.45) is 0 Å².